The van der Waals surface area contributed by atoms with Crippen LogP contribution in [0.5, 0.6) is 0 Å². The number of nitrogens with two attached hydrogens (primary N) is 1. The number of urea groups is 1. The van der Waals surface area contributed by atoms with E-state index >= 15 is 0 Å². The van der Waals surface area contributed by atoms with Crippen molar-refractivity contribution >= 4 is 16.9 Å². The van der Waals surface area contributed by atoms with Crippen LogP contribution in [-0.2, 0) is 6.67 Å². The lowest BCUT2D eigenvalue weighted by atomic mass is 10.0. The first-order valence-electron chi connectivity index (χ1n) is 6.83. The topological polar surface area (TPSA) is 84.4 Å². The lowest BCUT2D eigenvalue weighted by Gasteiger charge is -2.15. The van der Waals surface area contributed by atoms with Gasteiger partial charge < -0.3 is 10.3 Å². The van der Waals surface area contributed by atoms with Crippen molar-refractivity contribution in [2.24, 2.45) is 5.73 Å². The van der Waals surface area contributed by atoms with E-state index in [-0.39, 0.29) is 6.67 Å². The number of hydroxylamine groups is 2. The molecule has 0 aliphatic heterocycles. The summed E-state index contributed by atoms with van der Waals surface area (Å²) < 4.78 is 1.85. The Labute approximate surface area is 127 Å². The number of carbonyl (C=O) groups is 1. The minimum Gasteiger partial charge on any atom is -0.350 e. The molecule has 3 rings (SSSR count). The number of rotatable bonds is 3. The standard InChI is InChI=1S/C16H16N4O2/c1-11-15(12-5-4-8-18-9-12)13-6-2-3-7-14(13)19(11)10-20(22)16(17)21/h2-9,22H,10H2,1H3,(H2,17,21). The molecule has 3 N–H and O–H groups in total. The molecule has 0 saturated heterocycles. The second kappa shape index (κ2) is 5.50. The summed E-state index contributed by atoms with van der Waals surface area (Å²) in [5, 5.41) is 11.2. The third-order valence-corrected chi connectivity index (χ3v) is 3.71. The van der Waals surface area contributed by atoms with Crippen LogP contribution in [0.1, 0.15) is 5.69 Å². The number of fused-ring (bicyclic) bond motifs is 1. The zero-order valence-electron chi connectivity index (χ0n) is 12.1. The van der Waals surface area contributed by atoms with Crippen LogP contribution in [0.2, 0.25) is 0 Å². The number of para-hydroxylation sites is 1. The van der Waals surface area contributed by atoms with Crippen LogP contribution in [0, 0.1) is 6.92 Å². The van der Waals surface area contributed by atoms with E-state index < -0.39 is 6.03 Å². The minimum absolute atomic E-state index is 0.0259. The number of carbonyl (C=O) groups excluding carboxylic acids is 1. The normalized spacial score (nSPS) is 10.8. The number of nitrogens with zero attached hydrogens (tertiary/aromatic N) is 3. The van der Waals surface area contributed by atoms with E-state index in [1.54, 1.807) is 12.4 Å². The molecule has 3 aromatic rings. The highest BCUT2D eigenvalue weighted by Gasteiger charge is 2.17. The number of pyridine rings is 1. The summed E-state index contributed by atoms with van der Waals surface area (Å²) in [6.07, 6.45) is 3.52. The predicted molar refractivity (Wildman–Crippen MR) is 83.1 cm³/mol. The third-order valence-electron chi connectivity index (χ3n) is 3.71. The van der Waals surface area contributed by atoms with E-state index in [2.05, 4.69) is 4.98 Å². The Kier molecular flexibility index (Phi) is 3.52. The highest BCUT2D eigenvalue weighted by Crippen LogP contribution is 2.34. The Balaban J connectivity index is 2.22. The number of hydrogen-bond donors (Lipinski definition) is 2. The van der Waals surface area contributed by atoms with Crippen LogP contribution >= 0.6 is 0 Å². The first-order chi connectivity index (χ1) is 10.6. The van der Waals surface area contributed by atoms with Crippen LogP contribution < -0.4 is 5.73 Å². The second-order valence-corrected chi connectivity index (χ2v) is 5.03. The van der Waals surface area contributed by atoms with Crippen LogP contribution in [0.25, 0.3) is 22.0 Å². The maximum absolute atomic E-state index is 11.1. The molecular weight excluding hydrogens is 280 g/mol. The van der Waals surface area contributed by atoms with E-state index in [0.29, 0.717) is 5.06 Å². The van der Waals surface area contributed by atoms with E-state index in [4.69, 9.17) is 5.73 Å². The molecular formula is C16H16N4O2. The van der Waals surface area contributed by atoms with Crippen LogP contribution in [-0.4, -0.2) is 25.9 Å². The van der Waals surface area contributed by atoms with Gasteiger partial charge in [-0.25, -0.2) is 4.79 Å². The molecule has 0 atom stereocenters. The van der Waals surface area contributed by atoms with Crippen molar-refractivity contribution in [3.63, 3.8) is 0 Å². The molecule has 0 fully saturated rings. The summed E-state index contributed by atoms with van der Waals surface area (Å²) in [7, 11) is 0. The Morgan fingerprint density at radius 3 is 2.77 bits per heavy atom. The second-order valence-electron chi connectivity index (χ2n) is 5.03. The van der Waals surface area contributed by atoms with Crippen molar-refractivity contribution in [2.45, 2.75) is 13.6 Å². The average Bonchev–Trinajstić information content (AvgIpc) is 2.80. The van der Waals surface area contributed by atoms with Crippen molar-refractivity contribution in [2.75, 3.05) is 0 Å². The average molecular weight is 296 g/mol. The number of aromatic nitrogens is 2. The largest absolute Gasteiger partial charge is 0.350 e. The highest BCUT2D eigenvalue weighted by atomic mass is 16.5. The predicted octanol–water partition coefficient (Wildman–Crippen LogP) is 2.74. The van der Waals surface area contributed by atoms with E-state index in [1.807, 2.05) is 47.9 Å². The molecule has 0 saturated carbocycles. The molecule has 6 nitrogen and oxygen atoms in total. The lowest BCUT2D eigenvalue weighted by Crippen LogP contribution is -2.34. The lowest BCUT2D eigenvalue weighted by molar-refractivity contribution is -0.0638. The summed E-state index contributed by atoms with van der Waals surface area (Å²) in [4.78, 5) is 15.3. The zero-order valence-corrected chi connectivity index (χ0v) is 12.1. The molecule has 1 aromatic carbocycles. The number of hydrogen-bond acceptors (Lipinski definition) is 3. The summed E-state index contributed by atoms with van der Waals surface area (Å²) in [6.45, 7) is 1.92. The zero-order chi connectivity index (χ0) is 15.7. The molecule has 0 spiro atoms. The third kappa shape index (κ3) is 2.29. The summed E-state index contributed by atoms with van der Waals surface area (Å²) in [5.41, 5.74) is 8.96. The Bertz CT molecular complexity index is 827. The van der Waals surface area contributed by atoms with Gasteiger partial charge in [0.15, 0.2) is 0 Å². The summed E-state index contributed by atoms with van der Waals surface area (Å²) >= 11 is 0. The Morgan fingerprint density at radius 1 is 1.32 bits per heavy atom. The van der Waals surface area contributed by atoms with E-state index in [1.165, 1.54) is 0 Å². The SMILES string of the molecule is Cc1c(-c2cccnc2)c2ccccc2n1CN(O)C(N)=O. The molecule has 0 aliphatic rings. The quantitative estimate of drug-likeness (QED) is 0.575. The van der Waals surface area contributed by atoms with Gasteiger partial charge in [0.1, 0.15) is 6.67 Å². The fourth-order valence-electron chi connectivity index (χ4n) is 2.69. The maximum Gasteiger partial charge on any atom is 0.340 e. The molecule has 2 amide bonds. The van der Waals surface area contributed by atoms with Crippen molar-refractivity contribution < 1.29 is 10.0 Å². The fourth-order valence-corrected chi connectivity index (χ4v) is 2.69. The van der Waals surface area contributed by atoms with Gasteiger partial charge in [0.05, 0.1) is 5.52 Å². The first kappa shape index (κ1) is 14.1. The van der Waals surface area contributed by atoms with Gasteiger partial charge in [0.25, 0.3) is 0 Å². The van der Waals surface area contributed by atoms with Crippen molar-refractivity contribution in [1.82, 2.24) is 14.6 Å². The van der Waals surface area contributed by atoms with Gasteiger partial charge in [-0.15, -0.1) is 0 Å². The van der Waals surface area contributed by atoms with Gasteiger partial charge in [-0.05, 0) is 19.1 Å². The number of amides is 2. The number of primary amides is 1. The van der Waals surface area contributed by atoms with Gasteiger partial charge in [-0.3, -0.25) is 10.2 Å². The summed E-state index contributed by atoms with van der Waals surface area (Å²) in [5.74, 6) is 0. The molecule has 0 radical (unpaired) electrons. The van der Waals surface area contributed by atoms with Crippen molar-refractivity contribution in [3.8, 4) is 11.1 Å². The summed E-state index contributed by atoms with van der Waals surface area (Å²) in [6, 6.07) is 10.8. The molecule has 0 aliphatic carbocycles. The van der Waals surface area contributed by atoms with Gasteiger partial charge in [-0.1, -0.05) is 24.3 Å². The molecule has 0 bridgehead atoms. The van der Waals surface area contributed by atoms with Crippen molar-refractivity contribution in [3.05, 3.63) is 54.5 Å². The molecule has 112 valence electrons. The van der Waals surface area contributed by atoms with Crippen LogP contribution in [0.3, 0.4) is 0 Å². The van der Waals surface area contributed by atoms with Gasteiger partial charge in [-0.2, -0.15) is 5.06 Å². The fraction of sp³-hybridized carbons (Fsp3) is 0.125. The minimum atomic E-state index is -0.889. The van der Waals surface area contributed by atoms with E-state index in [9.17, 15) is 10.0 Å². The first-order valence-corrected chi connectivity index (χ1v) is 6.83. The molecule has 6 heteroatoms. The maximum atomic E-state index is 11.1. The molecule has 2 heterocycles. The van der Waals surface area contributed by atoms with Gasteiger partial charge in [0, 0.05) is 34.6 Å². The van der Waals surface area contributed by atoms with Crippen molar-refractivity contribution in [1.29, 1.82) is 0 Å². The molecule has 22 heavy (non-hydrogen) atoms. The Hall–Kier alpha value is -2.86. The van der Waals surface area contributed by atoms with Gasteiger partial charge >= 0.3 is 6.03 Å². The number of benzene rings is 1. The smallest absolute Gasteiger partial charge is 0.340 e. The monoisotopic (exact) mass is 296 g/mol. The Morgan fingerprint density at radius 2 is 2.09 bits per heavy atom. The molecule has 0 unspecified atom stereocenters. The van der Waals surface area contributed by atoms with E-state index in [0.717, 1.165) is 27.7 Å². The highest BCUT2D eigenvalue weighted by molar-refractivity contribution is 5.97. The van der Waals surface area contributed by atoms with Crippen LogP contribution in [0.15, 0.2) is 48.8 Å². The van der Waals surface area contributed by atoms with Crippen LogP contribution in [0.4, 0.5) is 4.79 Å². The van der Waals surface area contributed by atoms with Gasteiger partial charge in [0.2, 0.25) is 0 Å². The molecule has 2 aromatic heterocycles.